The fourth-order valence-electron chi connectivity index (χ4n) is 1.49. The van der Waals surface area contributed by atoms with E-state index in [-0.39, 0.29) is 5.56 Å². The van der Waals surface area contributed by atoms with Gasteiger partial charge in [-0.2, -0.15) is 13.2 Å². The minimum atomic E-state index is -4.36. The molecule has 0 saturated heterocycles. The third kappa shape index (κ3) is 2.77. The predicted molar refractivity (Wildman–Crippen MR) is 67.4 cm³/mol. The van der Waals surface area contributed by atoms with E-state index in [2.05, 4.69) is 27.6 Å². The van der Waals surface area contributed by atoms with Crippen molar-refractivity contribution in [2.24, 2.45) is 0 Å². The lowest BCUT2D eigenvalue weighted by molar-refractivity contribution is -0.137. The molecule has 0 amide bonds. The van der Waals surface area contributed by atoms with Crippen molar-refractivity contribution in [2.75, 3.05) is 0 Å². The van der Waals surface area contributed by atoms with Gasteiger partial charge in [0.2, 0.25) is 0 Å². The number of aromatic nitrogens is 1. The second-order valence-electron chi connectivity index (χ2n) is 3.41. The molecule has 0 saturated carbocycles. The van der Waals surface area contributed by atoms with Crippen LogP contribution in [0.2, 0.25) is 0 Å². The lowest BCUT2D eigenvalue weighted by Crippen LogP contribution is -2.07. The highest BCUT2D eigenvalue weighted by molar-refractivity contribution is 14.1. The Morgan fingerprint density at radius 1 is 1.00 bits per heavy atom. The average Bonchev–Trinajstić information content (AvgIpc) is 2.29. The first kappa shape index (κ1) is 12.3. The Balaban J connectivity index is 2.56. The van der Waals surface area contributed by atoms with E-state index in [0.717, 1.165) is 9.64 Å². The van der Waals surface area contributed by atoms with Gasteiger partial charge in [0.25, 0.3) is 0 Å². The van der Waals surface area contributed by atoms with Gasteiger partial charge in [0.15, 0.2) is 0 Å². The molecule has 0 N–H and O–H groups in total. The van der Waals surface area contributed by atoms with Gasteiger partial charge in [0, 0.05) is 15.3 Å². The van der Waals surface area contributed by atoms with Crippen LogP contribution in [0.25, 0.3) is 11.3 Å². The first-order chi connectivity index (χ1) is 7.98. The van der Waals surface area contributed by atoms with Crippen molar-refractivity contribution in [2.45, 2.75) is 6.18 Å². The Bertz CT molecular complexity index is 520. The van der Waals surface area contributed by atoms with Crippen molar-refractivity contribution in [1.29, 1.82) is 0 Å². The van der Waals surface area contributed by atoms with Crippen LogP contribution < -0.4 is 0 Å². The first-order valence-corrected chi connectivity index (χ1v) is 5.84. The smallest absolute Gasteiger partial charge is 0.255 e. The molecular weight excluding hydrogens is 342 g/mol. The van der Waals surface area contributed by atoms with Gasteiger partial charge in [-0.3, -0.25) is 4.98 Å². The third-order valence-corrected chi connectivity index (χ3v) is 2.87. The summed E-state index contributed by atoms with van der Waals surface area (Å²) in [5.41, 5.74) is -0.219. The number of rotatable bonds is 1. The molecule has 17 heavy (non-hydrogen) atoms. The van der Waals surface area contributed by atoms with Gasteiger partial charge < -0.3 is 0 Å². The van der Waals surface area contributed by atoms with Crippen LogP contribution in [0.3, 0.4) is 0 Å². The maximum atomic E-state index is 12.8. The highest BCUT2D eigenvalue weighted by Gasteiger charge is 2.33. The van der Waals surface area contributed by atoms with Crippen LogP contribution in [-0.4, -0.2) is 4.98 Å². The molecule has 1 nitrogen and oxygen atoms in total. The molecule has 0 aliphatic heterocycles. The summed E-state index contributed by atoms with van der Waals surface area (Å²) in [4.78, 5) is 4.02. The summed E-state index contributed by atoms with van der Waals surface area (Å²) in [6.07, 6.45) is -2.82. The molecule has 2 rings (SSSR count). The Labute approximate surface area is 110 Å². The second kappa shape index (κ2) is 4.64. The highest BCUT2D eigenvalue weighted by Crippen LogP contribution is 2.36. The Hall–Kier alpha value is -1.11. The molecule has 1 heterocycles. The van der Waals surface area contributed by atoms with E-state index >= 15 is 0 Å². The summed E-state index contributed by atoms with van der Waals surface area (Å²) in [7, 11) is 0. The van der Waals surface area contributed by atoms with E-state index in [1.807, 2.05) is 0 Å². The van der Waals surface area contributed by atoms with Crippen LogP contribution in [0, 0.1) is 3.57 Å². The highest BCUT2D eigenvalue weighted by atomic mass is 127. The third-order valence-electron chi connectivity index (χ3n) is 2.24. The number of alkyl halides is 3. The topological polar surface area (TPSA) is 12.9 Å². The van der Waals surface area contributed by atoms with Crippen molar-refractivity contribution in [1.82, 2.24) is 4.98 Å². The lowest BCUT2D eigenvalue weighted by atomic mass is 10.0. The zero-order valence-corrected chi connectivity index (χ0v) is 10.7. The maximum absolute atomic E-state index is 12.8. The number of nitrogens with zero attached hydrogens (tertiary/aromatic N) is 1. The Morgan fingerprint density at radius 2 is 1.71 bits per heavy atom. The summed E-state index contributed by atoms with van der Waals surface area (Å²) in [6.45, 7) is 0. The van der Waals surface area contributed by atoms with Crippen LogP contribution in [0.15, 0.2) is 42.6 Å². The average molecular weight is 349 g/mol. The molecule has 88 valence electrons. The molecule has 0 spiro atoms. The molecule has 5 heteroatoms. The number of pyridine rings is 1. The van der Waals surface area contributed by atoms with Crippen molar-refractivity contribution in [3.05, 3.63) is 51.7 Å². The van der Waals surface area contributed by atoms with Crippen LogP contribution in [0.1, 0.15) is 5.56 Å². The van der Waals surface area contributed by atoms with Gasteiger partial charge in [-0.25, -0.2) is 0 Å². The van der Waals surface area contributed by atoms with Gasteiger partial charge in [-0.1, -0.05) is 18.2 Å². The number of halogens is 4. The van der Waals surface area contributed by atoms with E-state index in [1.54, 1.807) is 24.4 Å². The number of benzene rings is 1. The van der Waals surface area contributed by atoms with E-state index in [0.29, 0.717) is 5.69 Å². The maximum Gasteiger partial charge on any atom is 0.417 e. The molecule has 0 bridgehead atoms. The largest absolute Gasteiger partial charge is 0.417 e. The van der Waals surface area contributed by atoms with Gasteiger partial charge >= 0.3 is 6.18 Å². The lowest BCUT2D eigenvalue weighted by Gasteiger charge is -2.11. The fourth-order valence-corrected chi connectivity index (χ4v) is 1.81. The molecule has 0 radical (unpaired) electrons. The number of hydrogen-bond donors (Lipinski definition) is 0. The number of hydrogen-bond acceptors (Lipinski definition) is 1. The van der Waals surface area contributed by atoms with Crippen LogP contribution in [0.4, 0.5) is 13.2 Å². The van der Waals surface area contributed by atoms with Crippen molar-refractivity contribution >= 4 is 22.6 Å². The summed E-state index contributed by atoms with van der Waals surface area (Å²) in [5.74, 6) is 0. The molecule has 0 atom stereocenters. The molecule has 1 aromatic carbocycles. The quantitative estimate of drug-likeness (QED) is 0.697. The molecule has 1 aromatic heterocycles. The van der Waals surface area contributed by atoms with Gasteiger partial charge in [-0.15, -0.1) is 0 Å². The van der Waals surface area contributed by atoms with Crippen molar-refractivity contribution in [3.8, 4) is 11.3 Å². The molecule has 0 aliphatic carbocycles. The van der Waals surface area contributed by atoms with Crippen LogP contribution >= 0.6 is 22.6 Å². The van der Waals surface area contributed by atoms with E-state index in [9.17, 15) is 13.2 Å². The Morgan fingerprint density at radius 3 is 2.29 bits per heavy atom. The monoisotopic (exact) mass is 349 g/mol. The van der Waals surface area contributed by atoms with E-state index in [1.165, 1.54) is 12.1 Å². The first-order valence-electron chi connectivity index (χ1n) is 4.76. The minimum Gasteiger partial charge on any atom is -0.255 e. The standard InChI is InChI=1S/C12H7F3IN/c13-12(14,15)10-4-2-1-3-9(10)11-6-5-8(16)7-17-11/h1-7H. The molecule has 0 fully saturated rings. The normalized spacial score (nSPS) is 11.5. The zero-order valence-electron chi connectivity index (χ0n) is 8.50. The SMILES string of the molecule is FC(F)(F)c1ccccc1-c1ccc(I)cn1. The summed E-state index contributed by atoms with van der Waals surface area (Å²) >= 11 is 2.06. The summed E-state index contributed by atoms with van der Waals surface area (Å²) in [6, 6.07) is 8.76. The zero-order chi connectivity index (χ0) is 12.5. The molecule has 0 aliphatic rings. The van der Waals surface area contributed by atoms with Crippen LogP contribution in [0.5, 0.6) is 0 Å². The minimum absolute atomic E-state index is 0.108. The Kier molecular flexibility index (Phi) is 3.37. The summed E-state index contributed by atoms with van der Waals surface area (Å²) in [5, 5.41) is 0. The van der Waals surface area contributed by atoms with Gasteiger partial charge in [0.1, 0.15) is 0 Å². The predicted octanol–water partition coefficient (Wildman–Crippen LogP) is 4.37. The summed E-state index contributed by atoms with van der Waals surface area (Å²) < 4.78 is 39.2. The molecule has 0 unspecified atom stereocenters. The molecule has 2 aromatic rings. The van der Waals surface area contributed by atoms with Crippen molar-refractivity contribution in [3.63, 3.8) is 0 Å². The fraction of sp³-hybridized carbons (Fsp3) is 0.0833. The van der Waals surface area contributed by atoms with E-state index in [4.69, 9.17) is 0 Å². The van der Waals surface area contributed by atoms with Crippen LogP contribution in [-0.2, 0) is 6.18 Å². The second-order valence-corrected chi connectivity index (χ2v) is 4.65. The van der Waals surface area contributed by atoms with Crippen molar-refractivity contribution < 1.29 is 13.2 Å². The van der Waals surface area contributed by atoms with Gasteiger partial charge in [-0.05, 0) is 40.8 Å². The molecular formula is C12H7F3IN. The van der Waals surface area contributed by atoms with E-state index < -0.39 is 11.7 Å². The van der Waals surface area contributed by atoms with Gasteiger partial charge in [0.05, 0.1) is 11.3 Å².